The Balaban J connectivity index is 1.44. The topological polar surface area (TPSA) is 69.4 Å². The zero-order valence-corrected chi connectivity index (χ0v) is 17.9. The number of carbonyl (C=O) groups is 1. The molecule has 0 aliphatic rings. The monoisotopic (exact) mass is 439 g/mol. The van der Waals surface area contributed by atoms with Crippen molar-refractivity contribution in [1.82, 2.24) is 4.98 Å². The smallest absolute Gasteiger partial charge is 0.346 e. The zero-order chi connectivity index (χ0) is 22.1. The summed E-state index contributed by atoms with van der Waals surface area (Å²) >= 11 is 1.39. The number of benzene rings is 3. The fourth-order valence-corrected chi connectivity index (χ4v) is 4.13. The molecule has 32 heavy (non-hydrogen) atoms. The van der Waals surface area contributed by atoms with Gasteiger partial charge in [-0.3, -0.25) is 0 Å². The van der Waals surface area contributed by atoms with Gasteiger partial charge in [0.2, 0.25) is 0 Å². The Bertz CT molecular complexity index is 1480. The van der Waals surface area contributed by atoms with Crippen LogP contribution >= 0.6 is 11.3 Å². The summed E-state index contributed by atoms with van der Waals surface area (Å²) in [5.74, 6) is -0.173. The van der Waals surface area contributed by atoms with Gasteiger partial charge in [0.1, 0.15) is 16.3 Å². The fourth-order valence-electron chi connectivity index (χ4n) is 3.30. The van der Waals surface area contributed by atoms with Crippen LogP contribution in [0.5, 0.6) is 5.75 Å². The molecule has 0 unspecified atom stereocenters. The summed E-state index contributed by atoms with van der Waals surface area (Å²) in [5.41, 5.74) is 3.67. The number of hydrogen-bond donors (Lipinski definition) is 0. The molecule has 5 aromatic rings. The molecule has 6 heteroatoms. The van der Waals surface area contributed by atoms with Crippen LogP contribution in [0.15, 0.2) is 93.5 Å². The second-order valence-electron chi connectivity index (χ2n) is 7.31. The van der Waals surface area contributed by atoms with Crippen LogP contribution in [0.4, 0.5) is 0 Å². The van der Waals surface area contributed by atoms with Gasteiger partial charge in [0, 0.05) is 22.4 Å². The maximum Gasteiger partial charge on any atom is 0.346 e. The first kappa shape index (κ1) is 19.9. The number of hydrogen-bond acceptors (Lipinski definition) is 6. The quantitative estimate of drug-likeness (QED) is 0.192. The van der Waals surface area contributed by atoms with Gasteiger partial charge in [-0.15, -0.1) is 11.3 Å². The highest BCUT2D eigenvalue weighted by Crippen LogP contribution is 2.30. The maximum absolute atomic E-state index is 12.7. The highest BCUT2D eigenvalue weighted by Gasteiger charge is 2.14. The van der Waals surface area contributed by atoms with Crippen molar-refractivity contribution in [1.29, 1.82) is 0 Å². The van der Waals surface area contributed by atoms with Crippen LogP contribution in [-0.4, -0.2) is 11.0 Å². The van der Waals surface area contributed by atoms with E-state index in [0.717, 1.165) is 11.3 Å². The number of esters is 1. The Morgan fingerprint density at radius 2 is 1.75 bits per heavy atom. The van der Waals surface area contributed by atoms with Crippen molar-refractivity contribution in [3.8, 4) is 27.6 Å². The van der Waals surface area contributed by atoms with E-state index in [-0.39, 0.29) is 0 Å². The minimum Gasteiger partial charge on any atom is -0.423 e. The van der Waals surface area contributed by atoms with E-state index in [1.807, 2.05) is 42.6 Å². The Morgan fingerprint density at radius 3 is 2.53 bits per heavy atom. The molecule has 0 bridgehead atoms. The summed E-state index contributed by atoms with van der Waals surface area (Å²) in [5, 5.41) is 3.23. The number of aryl methyl sites for hydroxylation is 1. The molecule has 156 valence electrons. The van der Waals surface area contributed by atoms with E-state index < -0.39 is 11.6 Å². The van der Waals surface area contributed by atoms with Gasteiger partial charge in [-0.05, 0) is 37.3 Å². The Morgan fingerprint density at radius 1 is 0.969 bits per heavy atom. The van der Waals surface area contributed by atoms with Gasteiger partial charge in [-0.1, -0.05) is 48.0 Å². The number of nitrogens with zero attached hydrogens (tertiary/aromatic N) is 1. The molecule has 2 heterocycles. The van der Waals surface area contributed by atoms with Crippen molar-refractivity contribution in [3.05, 3.63) is 106 Å². The lowest BCUT2D eigenvalue weighted by atomic mass is 10.1. The lowest BCUT2D eigenvalue weighted by molar-refractivity contribution is 0.0735. The molecule has 0 saturated heterocycles. The third-order valence-corrected chi connectivity index (χ3v) is 5.88. The average molecular weight is 439 g/mol. The summed E-state index contributed by atoms with van der Waals surface area (Å²) < 4.78 is 10.9. The number of thiazole rings is 1. The normalized spacial score (nSPS) is 10.9. The van der Waals surface area contributed by atoms with Gasteiger partial charge < -0.3 is 9.15 Å². The van der Waals surface area contributed by atoms with Crippen molar-refractivity contribution < 1.29 is 13.9 Å². The van der Waals surface area contributed by atoms with Crippen LogP contribution < -0.4 is 10.4 Å². The number of carbonyl (C=O) groups excluding carboxylic acids is 1. The first-order valence-corrected chi connectivity index (χ1v) is 10.8. The number of ether oxygens (including phenoxy) is 1. The lowest BCUT2D eigenvalue weighted by Crippen LogP contribution is -2.08. The molecule has 5 rings (SSSR count). The highest BCUT2D eigenvalue weighted by atomic mass is 32.1. The summed E-state index contributed by atoms with van der Waals surface area (Å²) in [7, 11) is 0. The van der Waals surface area contributed by atoms with Crippen molar-refractivity contribution in [3.63, 3.8) is 0 Å². The number of rotatable bonds is 4. The molecule has 0 saturated carbocycles. The van der Waals surface area contributed by atoms with E-state index in [2.05, 4.69) is 4.98 Å². The van der Waals surface area contributed by atoms with Crippen molar-refractivity contribution in [2.45, 2.75) is 6.92 Å². The summed E-state index contributed by atoms with van der Waals surface area (Å²) in [6, 6.07) is 23.5. The Hall–Kier alpha value is -4.03. The first-order chi connectivity index (χ1) is 15.6. The molecular formula is C26H17NO4S. The van der Waals surface area contributed by atoms with Crippen molar-refractivity contribution in [2.24, 2.45) is 0 Å². The molecule has 0 atom stereocenters. The molecule has 2 aromatic heterocycles. The predicted octanol–water partition coefficient (Wildman–Crippen LogP) is 6.11. The van der Waals surface area contributed by atoms with Gasteiger partial charge in [-0.25, -0.2) is 14.6 Å². The minimum absolute atomic E-state index is 0.304. The molecule has 0 amide bonds. The number of fused-ring (bicyclic) bond motifs is 1. The maximum atomic E-state index is 12.7. The zero-order valence-electron chi connectivity index (χ0n) is 17.1. The van der Waals surface area contributed by atoms with E-state index in [4.69, 9.17) is 9.15 Å². The molecule has 0 radical (unpaired) electrons. The molecule has 0 aliphatic heterocycles. The fraction of sp³-hybridized carbons (Fsp3) is 0.0385. The number of aromatic nitrogens is 1. The summed E-state index contributed by atoms with van der Waals surface area (Å²) in [6.45, 7) is 2.03. The van der Waals surface area contributed by atoms with Gasteiger partial charge >= 0.3 is 11.6 Å². The third kappa shape index (κ3) is 3.96. The standard InChI is InChI=1S/C26H17NO4S/c1-16-7-9-17(10-8-16)22-15-32-24(27-22)21-13-19-11-12-20(14-23(19)31-26(21)29)30-25(28)18-5-3-2-4-6-18/h2-15H,1H3. The van der Waals surface area contributed by atoms with Crippen molar-refractivity contribution >= 4 is 28.3 Å². The van der Waals surface area contributed by atoms with E-state index >= 15 is 0 Å². The van der Waals surface area contributed by atoms with Gasteiger partial charge in [0.05, 0.1) is 16.8 Å². The second-order valence-corrected chi connectivity index (χ2v) is 8.16. The molecule has 3 aromatic carbocycles. The van der Waals surface area contributed by atoms with Gasteiger partial charge in [-0.2, -0.15) is 0 Å². The predicted molar refractivity (Wildman–Crippen MR) is 125 cm³/mol. The second kappa shape index (κ2) is 8.24. The Labute approximate surface area is 187 Å². The van der Waals surface area contributed by atoms with Crippen LogP contribution in [0.25, 0.3) is 32.8 Å². The van der Waals surface area contributed by atoms with Crippen LogP contribution in [-0.2, 0) is 0 Å². The van der Waals surface area contributed by atoms with Gasteiger partial charge in [0.15, 0.2) is 0 Å². The third-order valence-electron chi connectivity index (χ3n) is 5.01. The van der Waals surface area contributed by atoms with E-state index in [0.29, 0.717) is 32.9 Å². The highest BCUT2D eigenvalue weighted by molar-refractivity contribution is 7.13. The summed E-state index contributed by atoms with van der Waals surface area (Å²) in [4.78, 5) is 29.6. The van der Waals surface area contributed by atoms with E-state index in [1.54, 1.807) is 48.5 Å². The first-order valence-electron chi connectivity index (χ1n) is 9.95. The van der Waals surface area contributed by atoms with E-state index in [9.17, 15) is 9.59 Å². The van der Waals surface area contributed by atoms with Crippen LogP contribution in [0, 0.1) is 6.92 Å². The van der Waals surface area contributed by atoms with Gasteiger partial charge in [0.25, 0.3) is 0 Å². The molecule has 0 fully saturated rings. The van der Waals surface area contributed by atoms with E-state index in [1.165, 1.54) is 16.9 Å². The van der Waals surface area contributed by atoms with Crippen LogP contribution in [0.3, 0.4) is 0 Å². The molecular weight excluding hydrogens is 422 g/mol. The SMILES string of the molecule is Cc1ccc(-c2csc(-c3cc4ccc(OC(=O)c5ccccc5)cc4oc3=O)n2)cc1. The van der Waals surface area contributed by atoms with Crippen molar-refractivity contribution in [2.75, 3.05) is 0 Å². The van der Waals surface area contributed by atoms with Crippen LogP contribution in [0.2, 0.25) is 0 Å². The Kier molecular flexibility index (Phi) is 5.13. The molecule has 0 N–H and O–H groups in total. The minimum atomic E-state index is -0.492. The van der Waals surface area contributed by atoms with Crippen LogP contribution in [0.1, 0.15) is 15.9 Å². The molecule has 0 spiro atoms. The largest absolute Gasteiger partial charge is 0.423 e. The lowest BCUT2D eigenvalue weighted by Gasteiger charge is -2.06. The summed E-state index contributed by atoms with van der Waals surface area (Å²) in [6.07, 6.45) is 0. The average Bonchev–Trinajstić information content (AvgIpc) is 3.29. The molecule has 0 aliphatic carbocycles. The molecule has 5 nitrogen and oxygen atoms in total.